The number of rotatable bonds is 0. The SMILES string of the molecule is C[C@H]1CN2C[C@]34C[C@@]5(C(=O)Nc6c5ccc5c6C=CC(C)(C)O5)C(C)(C)[C@@H]3C[C@@]2(C1)C(=O)N4C. The molecule has 6 aliphatic heterocycles. The maximum absolute atomic E-state index is 14.1. The summed E-state index contributed by atoms with van der Waals surface area (Å²) >= 11 is 0. The van der Waals surface area contributed by atoms with Gasteiger partial charge in [0.15, 0.2) is 0 Å². The summed E-state index contributed by atoms with van der Waals surface area (Å²) in [7, 11) is 2.00. The first-order valence-electron chi connectivity index (χ1n) is 12.8. The molecule has 1 N–H and O–H groups in total. The Hall–Kier alpha value is -2.34. The number of likely N-dealkylation sites (N-methyl/N-ethyl adjacent to an activating group) is 1. The van der Waals surface area contributed by atoms with Crippen LogP contribution >= 0.6 is 0 Å². The van der Waals surface area contributed by atoms with Crippen molar-refractivity contribution in [2.45, 2.75) is 76.0 Å². The van der Waals surface area contributed by atoms with E-state index in [-0.39, 0.29) is 39.8 Å². The van der Waals surface area contributed by atoms with Crippen molar-refractivity contribution in [1.82, 2.24) is 9.80 Å². The molecule has 8 rings (SSSR count). The Labute approximate surface area is 201 Å². The summed E-state index contributed by atoms with van der Waals surface area (Å²) in [5.41, 5.74) is 0.888. The van der Waals surface area contributed by atoms with E-state index < -0.39 is 5.41 Å². The fraction of sp³-hybridized carbons (Fsp3) is 0.643. The minimum atomic E-state index is -0.672. The Morgan fingerprint density at radius 1 is 1.12 bits per heavy atom. The largest absolute Gasteiger partial charge is 0.483 e. The van der Waals surface area contributed by atoms with Gasteiger partial charge in [-0.25, -0.2) is 0 Å². The zero-order chi connectivity index (χ0) is 24.1. The van der Waals surface area contributed by atoms with E-state index in [0.29, 0.717) is 12.3 Å². The maximum atomic E-state index is 14.1. The van der Waals surface area contributed by atoms with Gasteiger partial charge in [-0.05, 0) is 74.1 Å². The van der Waals surface area contributed by atoms with Gasteiger partial charge in [-0.15, -0.1) is 0 Å². The number of fused-ring (bicyclic) bond motifs is 5. The molecule has 0 unspecified atom stereocenters. The number of piperazine rings is 1. The van der Waals surface area contributed by atoms with Gasteiger partial charge in [0.2, 0.25) is 11.8 Å². The Balaban J connectivity index is 1.41. The van der Waals surface area contributed by atoms with Crippen LogP contribution in [0.25, 0.3) is 6.08 Å². The summed E-state index contributed by atoms with van der Waals surface area (Å²) in [5.74, 6) is 1.97. The summed E-state index contributed by atoms with van der Waals surface area (Å²) in [4.78, 5) is 32.5. The van der Waals surface area contributed by atoms with Crippen LogP contribution in [0.2, 0.25) is 0 Å². The smallest absolute Gasteiger partial charge is 0.243 e. The lowest BCUT2D eigenvalue weighted by molar-refractivity contribution is -0.184. The molecule has 5 atom stereocenters. The molecule has 3 spiro atoms. The van der Waals surface area contributed by atoms with E-state index in [1.807, 2.05) is 27.0 Å². The van der Waals surface area contributed by atoms with Crippen molar-refractivity contribution >= 4 is 23.6 Å². The second-order valence-electron chi connectivity index (χ2n) is 13.1. The van der Waals surface area contributed by atoms with E-state index in [0.717, 1.165) is 48.5 Å². The fourth-order valence-electron chi connectivity index (χ4n) is 9.20. The van der Waals surface area contributed by atoms with Gasteiger partial charge >= 0.3 is 0 Å². The number of nitrogens with one attached hydrogen (secondary N) is 1. The third kappa shape index (κ3) is 2.03. The van der Waals surface area contributed by atoms with Gasteiger partial charge in [0.25, 0.3) is 0 Å². The van der Waals surface area contributed by atoms with Gasteiger partial charge in [-0.2, -0.15) is 0 Å². The van der Waals surface area contributed by atoms with Crippen molar-refractivity contribution in [3.63, 3.8) is 0 Å². The molecule has 2 bridgehead atoms. The zero-order valence-corrected chi connectivity index (χ0v) is 21.1. The number of piperidine rings is 2. The molecule has 6 heteroatoms. The number of nitrogens with zero attached hydrogens (tertiary/aromatic N) is 2. The lowest BCUT2D eigenvalue weighted by Crippen LogP contribution is -2.78. The highest BCUT2D eigenvalue weighted by molar-refractivity contribution is 6.10. The molecule has 1 saturated carbocycles. The topological polar surface area (TPSA) is 61.9 Å². The van der Waals surface area contributed by atoms with E-state index in [2.05, 4.69) is 54.1 Å². The Bertz CT molecular complexity index is 1220. The predicted molar refractivity (Wildman–Crippen MR) is 131 cm³/mol. The molecule has 0 aromatic heterocycles. The van der Waals surface area contributed by atoms with Gasteiger partial charge in [0.1, 0.15) is 16.9 Å². The molecule has 1 aliphatic carbocycles. The molecule has 5 fully saturated rings. The van der Waals surface area contributed by atoms with Crippen molar-refractivity contribution in [2.75, 3.05) is 25.5 Å². The van der Waals surface area contributed by atoms with Crippen molar-refractivity contribution < 1.29 is 14.3 Å². The molecule has 34 heavy (non-hydrogen) atoms. The second-order valence-corrected chi connectivity index (χ2v) is 13.1. The quantitative estimate of drug-likeness (QED) is 0.638. The fourth-order valence-corrected chi connectivity index (χ4v) is 9.20. The predicted octanol–water partition coefficient (Wildman–Crippen LogP) is 3.80. The van der Waals surface area contributed by atoms with Gasteiger partial charge in [-0.3, -0.25) is 14.5 Å². The van der Waals surface area contributed by atoms with Crippen LogP contribution < -0.4 is 10.1 Å². The average molecular weight is 462 g/mol. The lowest BCUT2D eigenvalue weighted by atomic mass is 9.57. The van der Waals surface area contributed by atoms with Crippen LogP contribution in [-0.2, 0) is 15.0 Å². The first-order chi connectivity index (χ1) is 15.9. The normalized spacial score (nSPS) is 42.4. The third-order valence-corrected chi connectivity index (χ3v) is 10.7. The molecule has 0 radical (unpaired) electrons. The molecule has 2 amide bonds. The zero-order valence-electron chi connectivity index (χ0n) is 21.1. The number of anilines is 1. The first-order valence-corrected chi connectivity index (χ1v) is 12.8. The van der Waals surface area contributed by atoms with Crippen molar-refractivity contribution in [3.05, 3.63) is 29.3 Å². The summed E-state index contributed by atoms with van der Waals surface area (Å²) in [6.45, 7) is 12.8. The van der Waals surface area contributed by atoms with Crippen LogP contribution in [0.1, 0.15) is 65.0 Å². The molecular formula is C28H35N3O3. The number of ether oxygens (including phenoxy) is 1. The van der Waals surface area contributed by atoms with Crippen LogP contribution in [0, 0.1) is 17.3 Å². The van der Waals surface area contributed by atoms with Crippen molar-refractivity contribution in [3.8, 4) is 5.75 Å². The Morgan fingerprint density at radius 3 is 2.65 bits per heavy atom. The maximum Gasteiger partial charge on any atom is 0.243 e. The van der Waals surface area contributed by atoms with Crippen LogP contribution in [0.5, 0.6) is 5.75 Å². The van der Waals surface area contributed by atoms with E-state index in [9.17, 15) is 9.59 Å². The van der Waals surface area contributed by atoms with Crippen LogP contribution in [-0.4, -0.2) is 58.4 Å². The van der Waals surface area contributed by atoms with Gasteiger partial charge in [0, 0.05) is 25.7 Å². The third-order valence-electron chi connectivity index (χ3n) is 10.7. The van der Waals surface area contributed by atoms with Crippen molar-refractivity contribution in [2.24, 2.45) is 17.3 Å². The molecule has 1 aromatic rings. The molecular weight excluding hydrogens is 426 g/mol. The van der Waals surface area contributed by atoms with E-state index in [1.165, 1.54) is 0 Å². The average Bonchev–Trinajstić information content (AvgIpc) is 3.31. The van der Waals surface area contributed by atoms with E-state index in [1.54, 1.807) is 0 Å². The highest BCUT2D eigenvalue weighted by Gasteiger charge is 2.79. The van der Waals surface area contributed by atoms with Crippen LogP contribution in [0.3, 0.4) is 0 Å². The molecule has 180 valence electrons. The number of hydrogen-bond donors (Lipinski definition) is 1. The second kappa shape index (κ2) is 5.72. The number of hydrogen-bond acceptors (Lipinski definition) is 4. The number of carbonyl (C=O) groups excluding carboxylic acids is 2. The summed E-state index contributed by atoms with van der Waals surface area (Å²) in [6, 6.07) is 4.16. The highest BCUT2D eigenvalue weighted by atomic mass is 16.5. The first kappa shape index (κ1) is 21.0. The summed E-state index contributed by atoms with van der Waals surface area (Å²) in [5, 5.41) is 3.30. The van der Waals surface area contributed by atoms with Crippen LogP contribution in [0.4, 0.5) is 5.69 Å². The lowest BCUT2D eigenvalue weighted by Gasteiger charge is -2.64. The van der Waals surface area contributed by atoms with Gasteiger partial charge in [-0.1, -0.05) is 26.8 Å². The van der Waals surface area contributed by atoms with Gasteiger partial charge in [0.05, 0.1) is 16.6 Å². The highest BCUT2D eigenvalue weighted by Crippen LogP contribution is 2.72. The number of amides is 2. The van der Waals surface area contributed by atoms with Crippen molar-refractivity contribution in [1.29, 1.82) is 0 Å². The molecule has 6 nitrogen and oxygen atoms in total. The molecule has 4 saturated heterocycles. The van der Waals surface area contributed by atoms with E-state index in [4.69, 9.17) is 4.74 Å². The van der Waals surface area contributed by atoms with Crippen LogP contribution in [0.15, 0.2) is 18.2 Å². The standard InChI is InChI=1S/C28H35N3O3/c1-16-11-26-12-20-25(4,5)28(14-27(20,15-31(26)13-16)30(6)23(26)33)18-7-8-19-17(21(18)29-22(28)32)9-10-24(2,3)34-19/h7-10,16,20H,11-15H2,1-6H3,(H,29,32)/t16-,20+,26+,27-,28-/m1/s1. The van der Waals surface area contributed by atoms with E-state index >= 15 is 0 Å². The molecule has 7 aliphatic rings. The summed E-state index contributed by atoms with van der Waals surface area (Å²) in [6.07, 6.45) is 6.63. The minimum Gasteiger partial charge on any atom is -0.483 e. The molecule has 1 aromatic carbocycles. The summed E-state index contributed by atoms with van der Waals surface area (Å²) < 4.78 is 6.22. The Morgan fingerprint density at radius 2 is 1.88 bits per heavy atom. The number of benzene rings is 1. The number of carbonyl (C=O) groups is 2. The van der Waals surface area contributed by atoms with Gasteiger partial charge < -0.3 is 15.0 Å². The minimum absolute atomic E-state index is 0.0817. The monoisotopic (exact) mass is 461 g/mol. The Kier molecular flexibility index (Phi) is 3.53. The molecule has 6 heterocycles.